The molecular formula is C27H27N3O3. The van der Waals surface area contributed by atoms with E-state index >= 15 is 0 Å². The largest absolute Gasteiger partial charge is 0.392 e. The maximum absolute atomic E-state index is 8.90. The van der Waals surface area contributed by atoms with Gasteiger partial charge in [0.1, 0.15) is 0 Å². The van der Waals surface area contributed by atoms with Crippen molar-refractivity contribution < 1.29 is 15.3 Å². The van der Waals surface area contributed by atoms with Crippen LogP contribution in [0.2, 0.25) is 0 Å². The number of aliphatic hydroxyl groups is 3. The van der Waals surface area contributed by atoms with Gasteiger partial charge in [-0.25, -0.2) is 0 Å². The van der Waals surface area contributed by atoms with Crippen LogP contribution in [0.5, 0.6) is 0 Å². The van der Waals surface area contributed by atoms with Crippen molar-refractivity contribution in [1.29, 1.82) is 0 Å². The Balaban J connectivity index is 0.000000118. The molecule has 0 amide bonds. The third-order valence-corrected chi connectivity index (χ3v) is 5.54. The summed E-state index contributed by atoms with van der Waals surface area (Å²) in [6.45, 7) is 0.304. The zero-order valence-corrected chi connectivity index (χ0v) is 18.1. The van der Waals surface area contributed by atoms with Crippen LogP contribution in [-0.4, -0.2) is 30.3 Å². The van der Waals surface area contributed by atoms with Gasteiger partial charge in [-0.05, 0) is 18.2 Å². The molecule has 168 valence electrons. The highest BCUT2D eigenvalue weighted by Crippen LogP contribution is 2.18. The van der Waals surface area contributed by atoms with Crippen molar-refractivity contribution in [2.24, 2.45) is 0 Å². The van der Waals surface area contributed by atoms with Crippen LogP contribution in [0.25, 0.3) is 32.7 Å². The summed E-state index contributed by atoms with van der Waals surface area (Å²) < 4.78 is 0. The molecule has 0 spiro atoms. The van der Waals surface area contributed by atoms with E-state index in [0.717, 1.165) is 49.4 Å². The minimum atomic E-state index is 0.101. The Morgan fingerprint density at radius 1 is 0.424 bits per heavy atom. The lowest BCUT2D eigenvalue weighted by Gasteiger charge is -1.90. The fourth-order valence-corrected chi connectivity index (χ4v) is 3.79. The number of hydrogen-bond donors (Lipinski definition) is 6. The number of hydrogen-bond acceptors (Lipinski definition) is 3. The number of H-pyrrole nitrogens is 3. The third kappa shape index (κ3) is 4.99. The van der Waals surface area contributed by atoms with Crippen LogP contribution < -0.4 is 0 Å². The number of benzene rings is 3. The second-order valence-corrected chi connectivity index (χ2v) is 7.55. The molecule has 0 aliphatic heterocycles. The van der Waals surface area contributed by atoms with Gasteiger partial charge >= 0.3 is 0 Å². The zero-order chi connectivity index (χ0) is 23.0. The van der Waals surface area contributed by atoms with Gasteiger partial charge in [-0.2, -0.15) is 0 Å². The third-order valence-electron chi connectivity index (χ3n) is 5.54. The second-order valence-electron chi connectivity index (χ2n) is 7.55. The van der Waals surface area contributed by atoms with E-state index < -0.39 is 0 Å². The van der Waals surface area contributed by atoms with E-state index in [0.29, 0.717) is 0 Å². The molecule has 0 bridgehead atoms. The standard InChI is InChI=1S/3C9H9NO/c3*11-6-7-5-10-9-4-2-1-3-8(7)9/h3*1-5,10-11H,6H2. The molecule has 0 aliphatic rings. The van der Waals surface area contributed by atoms with Crippen molar-refractivity contribution in [3.8, 4) is 0 Å². The first kappa shape index (κ1) is 22.4. The normalized spacial score (nSPS) is 10.6. The van der Waals surface area contributed by atoms with Gasteiger partial charge in [0.25, 0.3) is 0 Å². The van der Waals surface area contributed by atoms with E-state index in [2.05, 4.69) is 15.0 Å². The molecule has 3 heterocycles. The monoisotopic (exact) mass is 441 g/mol. The van der Waals surface area contributed by atoms with E-state index in [1.165, 1.54) is 0 Å². The van der Waals surface area contributed by atoms with Gasteiger partial charge in [-0.1, -0.05) is 54.6 Å². The number of rotatable bonds is 3. The maximum Gasteiger partial charge on any atom is 0.0702 e. The summed E-state index contributed by atoms with van der Waals surface area (Å²) in [6.07, 6.45) is 5.51. The molecule has 0 aliphatic carbocycles. The van der Waals surface area contributed by atoms with E-state index in [4.69, 9.17) is 15.3 Å². The van der Waals surface area contributed by atoms with Gasteiger partial charge in [0.15, 0.2) is 0 Å². The first-order valence-corrected chi connectivity index (χ1v) is 10.7. The Morgan fingerprint density at radius 2 is 0.697 bits per heavy atom. The summed E-state index contributed by atoms with van der Waals surface area (Å²) in [5.74, 6) is 0. The molecule has 6 N–H and O–H groups in total. The average molecular weight is 442 g/mol. The zero-order valence-electron chi connectivity index (χ0n) is 18.1. The molecule has 3 aromatic heterocycles. The quantitative estimate of drug-likeness (QED) is 0.233. The molecule has 0 saturated heterocycles. The highest BCUT2D eigenvalue weighted by molar-refractivity contribution is 5.84. The van der Waals surface area contributed by atoms with Crippen LogP contribution in [0, 0.1) is 0 Å². The van der Waals surface area contributed by atoms with Gasteiger partial charge in [-0.3, -0.25) is 0 Å². The number of aliphatic hydroxyl groups excluding tert-OH is 3. The second kappa shape index (κ2) is 10.7. The Kier molecular flexibility index (Phi) is 7.22. The first-order valence-electron chi connectivity index (χ1n) is 10.7. The molecule has 3 aromatic carbocycles. The SMILES string of the molecule is OCc1c[nH]c2ccccc12.OCc1c[nH]c2ccccc12.OCc1c[nH]c2ccccc12. The van der Waals surface area contributed by atoms with Crippen LogP contribution in [0.1, 0.15) is 16.7 Å². The minimum absolute atomic E-state index is 0.101. The average Bonchev–Trinajstić information content (AvgIpc) is 3.60. The molecule has 0 fully saturated rings. The molecule has 33 heavy (non-hydrogen) atoms. The Bertz CT molecular complexity index is 1270. The number of para-hydroxylation sites is 3. The van der Waals surface area contributed by atoms with Crippen molar-refractivity contribution >= 4 is 32.7 Å². The summed E-state index contributed by atoms with van der Waals surface area (Å²) in [5.41, 5.74) is 6.12. The van der Waals surface area contributed by atoms with E-state index in [9.17, 15) is 0 Å². The fourth-order valence-electron chi connectivity index (χ4n) is 3.79. The van der Waals surface area contributed by atoms with Crippen LogP contribution in [-0.2, 0) is 19.8 Å². The van der Waals surface area contributed by atoms with Crippen LogP contribution >= 0.6 is 0 Å². The first-order chi connectivity index (χ1) is 16.2. The highest BCUT2D eigenvalue weighted by atomic mass is 16.3. The van der Waals surface area contributed by atoms with E-state index in [1.807, 2.05) is 91.4 Å². The van der Waals surface area contributed by atoms with Gasteiger partial charge < -0.3 is 30.3 Å². The van der Waals surface area contributed by atoms with Crippen molar-refractivity contribution in [2.75, 3.05) is 0 Å². The highest BCUT2D eigenvalue weighted by Gasteiger charge is 2.00. The number of nitrogens with one attached hydrogen (secondary N) is 3. The molecule has 0 unspecified atom stereocenters. The fraction of sp³-hybridized carbons (Fsp3) is 0.111. The number of fused-ring (bicyclic) bond motifs is 3. The Morgan fingerprint density at radius 3 is 0.970 bits per heavy atom. The van der Waals surface area contributed by atoms with Crippen LogP contribution in [0.15, 0.2) is 91.4 Å². The smallest absolute Gasteiger partial charge is 0.0702 e. The van der Waals surface area contributed by atoms with Gasteiger partial charge in [-0.15, -0.1) is 0 Å². The lowest BCUT2D eigenvalue weighted by molar-refractivity contribution is 0.283. The summed E-state index contributed by atoms with van der Waals surface area (Å²) in [6, 6.07) is 23.8. The Hall–Kier alpha value is -3.84. The topological polar surface area (TPSA) is 108 Å². The van der Waals surface area contributed by atoms with Crippen molar-refractivity contribution in [2.45, 2.75) is 19.8 Å². The van der Waals surface area contributed by atoms with Gasteiger partial charge in [0.05, 0.1) is 19.8 Å². The number of aromatic nitrogens is 3. The molecule has 6 heteroatoms. The molecule has 6 rings (SSSR count). The minimum Gasteiger partial charge on any atom is -0.392 e. The van der Waals surface area contributed by atoms with E-state index in [1.54, 1.807) is 0 Å². The van der Waals surface area contributed by atoms with Crippen LogP contribution in [0.4, 0.5) is 0 Å². The summed E-state index contributed by atoms with van der Waals surface area (Å²) in [4.78, 5) is 9.24. The van der Waals surface area contributed by atoms with Crippen LogP contribution in [0.3, 0.4) is 0 Å². The summed E-state index contributed by atoms with van der Waals surface area (Å²) in [7, 11) is 0. The maximum atomic E-state index is 8.90. The molecule has 6 aromatic rings. The Labute approximate surface area is 191 Å². The summed E-state index contributed by atoms with van der Waals surface area (Å²) >= 11 is 0. The van der Waals surface area contributed by atoms with Gasteiger partial charge in [0.2, 0.25) is 0 Å². The van der Waals surface area contributed by atoms with Crippen molar-refractivity contribution in [1.82, 2.24) is 15.0 Å². The summed E-state index contributed by atoms with van der Waals surface area (Å²) in [5, 5.41) is 30.0. The van der Waals surface area contributed by atoms with Gasteiger partial charge in [0, 0.05) is 68.0 Å². The lowest BCUT2D eigenvalue weighted by Crippen LogP contribution is -1.76. The molecule has 6 nitrogen and oxygen atoms in total. The van der Waals surface area contributed by atoms with E-state index in [-0.39, 0.29) is 19.8 Å². The molecule has 0 radical (unpaired) electrons. The molecule has 0 atom stereocenters. The van der Waals surface area contributed by atoms with Crippen molar-refractivity contribution in [3.63, 3.8) is 0 Å². The lowest BCUT2D eigenvalue weighted by atomic mass is 10.2. The predicted molar refractivity (Wildman–Crippen MR) is 133 cm³/mol. The van der Waals surface area contributed by atoms with Crippen molar-refractivity contribution in [3.05, 3.63) is 108 Å². The predicted octanol–water partition coefficient (Wildman–Crippen LogP) is 4.98. The number of aromatic amines is 3. The molecular weight excluding hydrogens is 414 g/mol. The molecule has 0 saturated carbocycles.